The lowest BCUT2D eigenvalue weighted by molar-refractivity contribution is -0.142. The Hall–Kier alpha value is -2.85. The van der Waals surface area contributed by atoms with E-state index in [1.54, 1.807) is 31.5 Å². The zero-order chi connectivity index (χ0) is 23.0. The van der Waals surface area contributed by atoms with Gasteiger partial charge in [0.15, 0.2) is 17.0 Å². The highest BCUT2D eigenvalue weighted by atomic mass is 35.5. The van der Waals surface area contributed by atoms with Crippen molar-refractivity contribution in [2.24, 2.45) is 0 Å². The monoisotopic (exact) mass is 482 g/mol. The summed E-state index contributed by atoms with van der Waals surface area (Å²) in [5.74, 6) is 0.307. The van der Waals surface area contributed by atoms with Crippen molar-refractivity contribution in [3.63, 3.8) is 0 Å². The summed E-state index contributed by atoms with van der Waals surface area (Å²) in [6.45, 7) is 1.86. The highest BCUT2D eigenvalue weighted by Gasteiger charge is 2.36. The maximum Gasteiger partial charge on any atom is 0.433 e. The molecule has 0 aliphatic rings. The third-order valence-corrected chi connectivity index (χ3v) is 6.39. The number of hydrogen-bond donors (Lipinski definition) is 0. The fourth-order valence-corrected chi connectivity index (χ4v) is 4.24. The molecule has 4 aromatic heterocycles. The Morgan fingerprint density at radius 3 is 2.72 bits per heavy atom. The van der Waals surface area contributed by atoms with Crippen LogP contribution in [0.1, 0.15) is 35.3 Å². The first-order valence-electron chi connectivity index (χ1n) is 9.67. The molecule has 0 fully saturated rings. The molecule has 1 atom stereocenters. The number of carbonyl (C=O) groups is 1. The first-order chi connectivity index (χ1) is 15.1. The van der Waals surface area contributed by atoms with E-state index in [0.717, 1.165) is 23.2 Å². The topological polar surface area (TPSA) is 63.6 Å². The van der Waals surface area contributed by atoms with Crippen LogP contribution < -0.4 is 0 Å². The first-order valence-corrected chi connectivity index (χ1v) is 10.9. The minimum atomic E-state index is -4.69. The van der Waals surface area contributed by atoms with Gasteiger partial charge in [0.2, 0.25) is 0 Å². The number of rotatable bonds is 6. The van der Waals surface area contributed by atoms with Crippen molar-refractivity contribution in [3.8, 4) is 10.6 Å². The number of alkyl halides is 3. The van der Waals surface area contributed by atoms with Crippen molar-refractivity contribution in [2.75, 3.05) is 7.05 Å². The van der Waals surface area contributed by atoms with Crippen LogP contribution in [0.5, 0.6) is 0 Å². The van der Waals surface area contributed by atoms with Gasteiger partial charge in [-0.3, -0.25) is 4.79 Å². The molecule has 0 radical (unpaired) electrons. The lowest BCUT2D eigenvalue weighted by atomic mass is 10.1. The molecule has 4 heterocycles. The van der Waals surface area contributed by atoms with Gasteiger partial charge in [-0.25, -0.2) is 9.50 Å². The molecule has 0 bridgehead atoms. The van der Waals surface area contributed by atoms with Crippen LogP contribution in [-0.2, 0) is 12.6 Å². The van der Waals surface area contributed by atoms with Crippen LogP contribution in [0.25, 0.3) is 16.2 Å². The predicted molar refractivity (Wildman–Crippen MR) is 115 cm³/mol. The molecule has 1 amide bonds. The Kier molecular flexibility index (Phi) is 6.00. The minimum absolute atomic E-state index is 0.0701. The molecule has 0 aliphatic carbocycles. The second-order valence-electron chi connectivity index (χ2n) is 7.31. The van der Waals surface area contributed by atoms with Gasteiger partial charge in [0, 0.05) is 25.6 Å². The zero-order valence-electron chi connectivity index (χ0n) is 17.1. The van der Waals surface area contributed by atoms with E-state index >= 15 is 0 Å². The maximum absolute atomic E-state index is 13.7. The largest absolute Gasteiger partial charge is 0.469 e. The van der Waals surface area contributed by atoms with Gasteiger partial charge in [0.1, 0.15) is 5.76 Å². The van der Waals surface area contributed by atoms with E-state index in [1.807, 2.05) is 13.0 Å². The summed E-state index contributed by atoms with van der Waals surface area (Å²) in [5.41, 5.74) is -1.09. The number of halogens is 4. The lowest BCUT2D eigenvalue weighted by Crippen LogP contribution is -2.35. The Bertz CT molecular complexity index is 1250. The average molecular weight is 483 g/mol. The van der Waals surface area contributed by atoms with Gasteiger partial charge >= 0.3 is 6.18 Å². The van der Waals surface area contributed by atoms with Crippen molar-refractivity contribution in [2.45, 2.75) is 32.0 Å². The van der Waals surface area contributed by atoms with Crippen LogP contribution in [0.3, 0.4) is 0 Å². The fraction of sp³-hybridized carbons (Fsp3) is 0.286. The van der Waals surface area contributed by atoms with Crippen LogP contribution in [0, 0.1) is 0 Å². The van der Waals surface area contributed by atoms with Gasteiger partial charge in [0.05, 0.1) is 21.2 Å². The molecule has 0 saturated carbocycles. The Balaban J connectivity index is 1.65. The van der Waals surface area contributed by atoms with E-state index < -0.39 is 17.8 Å². The van der Waals surface area contributed by atoms with Crippen LogP contribution >= 0.6 is 22.9 Å². The summed E-state index contributed by atoms with van der Waals surface area (Å²) in [4.78, 5) is 19.2. The van der Waals surface area contributed by atoms with Crippen LogP contribution in [0.4, 0.5) is 13.2 Å². The number of aryl methyl sites for hydroxylation is 1. The van der Waals surface area contributed by atoms with E-state index in [0.29, 0.717) is 26.6 Å². The molecule has 0 aliphatic heterocycles. The molecule has 0 saturated heterocycles. The molecule has 32 heavy (non-hydrogen) atoms. The second-order valence-corrected chi connectivity index (χ2v) is 9.03. The molecule has 0 unspecified atom stereocenters. The van der Waals surface area contributed by atoms with E-state index in [4.69, 9.17) is 16.0 Å². The third kappa shape index (κ3) is 4.51. The van der Waals surface area contributed by atoms with Gasteiger partial charge in [-0.15, -0.1) is 11.3 Å². The van der Waals surface area contributed by atoms with Gasteiger partial charge in [-0.1, -0.05) is 11.6 Å². The SMILES string of the molecule is C[C@@H](CCc1ccco1)N(C)C(=O)c1cc2nc(-c3ccc(Cl)s3)cc(C(F)(F)F)n2n1. The van der Waals surface area contributed by atoms with Crippen molar-refractivity contribution < 1.29 is 22.4 Å². The number of nitrogens with zero attached hydrogens (tertiary/aromatic N) is 4. The maximum atomic E-state index is 13.7. The van der Waals surface area contributed by atoms with Crippen molar-refractivity contribution in [1.29, 1.82) is 0 Å². The van der Waals surface area contributed by atoms with Crippen molar-refractivity contribution >= 4 is 34.5 Å². The molecular weight excluding hydrogens is 465 g/mol. The summed E-state index contributed by atoms with van der Waals surface area (Å²) in [6.07, 6.45) is -1.86. The number of hydrogen-bond acceptors (Lipinski definition) is 5. The summed E-state index contributed by atoms with van der Waals surface area (Å²) in [6, 6.07) is 8.82. The van der Waals surface area contributed by atoms with E-state index in [-0.39, 0.29) is 23.1 Å². The zero-order valence-corrected chi connectivity index (χ0v) is 18.6. The smallest absolute Gasteiger partial charge is 0.433 e. The molecule has 6 nitrogen and oxygen atoms in total. The molecule has 4 aromatic rings. The van der Waals surface area contributed by atoms with Crippen LogP contribution in [0.2, 0.25) is 4.34 Å². The Morgan fingerprint density at radius 1 is 1.31 bits per heavy atom. The van der Waals surface area contributed by atoms with Gasteiger partial charge in [-0.05, 0) is 43.7 Å². The third-order valence-electron chi connectivity index (χ3n) is 5.13. The highest BCUT2D eigenvalue weighted by molar-refractivity contribution is 7.19. The second kappa shape index (κ2) is 8.59. The van der Waals surface area contributed by atoms with E-state index in [1.165, 1.54) is 11.0 Å². The van der Waals surface area contributed by atoms with Crippen LogP contribution in [-0.4, -0.2) is 38.5 Å². The number of aromatic nitrogens is 3. The number of carbonyl (C=O) groups excluding carboxylic acids is 1. The molecular formula is C21H18ClF3N4O2S. The summed E-state index contributed by atoms with van der Waals surface area (Å²) in [7, 11) is 1.59. The number of amides is 1. The molecule has 0 aromatic carbocycles. The predicted octanol–water partition coefficient (Wildman–Crippen LogP) is 5.82. The normalized spacial score (nSPS) is 12.9. The molecule has 4 rings (SSSR count). The highest BCUT2D eigenvalue weighted by Crippen LogP contribution is 2.35. The Labute approximate surface area is 190 Å². The van der Waals surface area contributed by atoms with E-state index in [9.17, 15) is 18.0 Å². The van der Waals surface area contributed by atoms with Crippen molar-refractivity contribution in [1.82, 2.24) is 19.5 Å². The Morgan fingerprint density at radius 2 is 2.09 bits per heavy atom. The first kappa shape index (κ1) is 22.3. The molecule has 0 N–H and O–H groups in total. The van der Waals surface area contributed by atoms with Gasteiger partial charge in [0.25, 0.3) is 5.91 Å². The number of fused-ring (bicyclic) bond motifs is 1. The number of thiophene rings is 1. The summed E-state index contributed by atoms with van der Waals surface area (Å²) in [5, 5.41) is 3.93. The molecule has 0 spiro atoms. The van der Waals surface area contributed by atoms with Gasteiger partial charge in [-0.2, -0.15) is 18.3 Å². The summed E-state index contributed by atoms with van der Waals surface area (Å²) < 4.78 is 47.6. The van der Waals surface area contributed by atoms with Gasteiger partial charge < -0.3 is 9.32 Å². The van der Waals surface area contributed by atoms with Crippen LogP contribution in [0.15, 0.2) is 47.1 Å². The standard InChI is InChI=1S/C21H18ClF3N4O2S/c1-12(5-6-13-4-3-9-31-13)28(2)20(30)15-11-19-26-14(16-7-8-18(22)32-16)10-17(21(23,24)25)29(19)27-15/h3-4,7-12H,5-6H2,1-2H3/t12-/m0/s1. The lowest BCUT2D eigenvalue weighted by Gasteiger charge is -2.23. The summed E-state index contributed by atoms with van der Waals surface area (Å²) >= 11 is 7.04. The number of furan rings is 1. The minimum Gasteiger partial charge on any atom is -0.469 e. The quantitative estimate of drug-likeness (QED) is 0.347. The molecule has 11 heteroatoms. The van der Waals surface area contributed by atoms with Crippen molar-refractivity contribution in [3.05, 3.63) is 64.1 Å². The van der Waals surface area contributed by atoms with E-state index in [2.05, 4.69) is 10.1 Å². The fourth-order valence-electron chi connectivity index (χ4n) is 3.24. The average Bonchev–Trinajstić information content (AvgIpc) is 3.49. The molecule has 168 valence electrons.